The number of esters is 1. The lowest BCUT2D eigenvalue weighted by Crippen LogP contribution is -2.08. The minimum absolute atomic E-state index is 0.0226. The summed E-state index contributed by atoms with van der Waals surface area (Å²) >= 11 is 0. The third-order valence-electron chi connectivity index (χ3n) is 3.28. The van der Waals surface area contributed by atoms with Gasteiger partial charge in [-0.2, -0.15) is 0 Å². The van der Waals surface area contributed by atoms with Crippen LogP contribution in [0.3, 0.4) is 0 Å². The van der Waals surface area contributed by atoms with Crippen LogP contribution in [0.15, 0.2) is 57.5 Å². The number of aromatic hydroxyl groups is 1. The molecule has 0 bridgehead atoms. The molecule has 2 heterocycles. The van der Waals surface area contributed by atoms with Crippen LogP contribution in [0.5, 0.6) is 11.6 Å². The van der Waals surface area contributed by atoms with E-state index in [1.807, 2.05) is 0 Å². The van der Waals surface area contributed by atoms with Gasteiger partial charge in [0.15, 0.2) is 0 Å². The zero-order valence-corrected chi connectivity index (χ0v) is 13.5. The van der Waals surface area contributed by atoms with Gasteiger partial charge in [0.05, 0.1) is 5.69 Å². The Labute approximate surface area is 142 Å². The first-order valence-corrected chi connectivity index (χ1v) is 7.33. The number of furan rings is 1. The highest BCUT2D eigenvalue weighted by atomic mass is 16.6. The van der Waals surface area contributed by atoms with Crippen molar-refractivity contribution in [2.24, 2.45) is 10.2 Å². The molecule has 0 saturated heterocycles. The summed E-state index contributed by atoms with van der Waals surface area (Å²) in [5, 5.41) is 17.7. The van der Waals surface area contributed by atoms with E-state index in [2.05, 4.69) is 20.2 Å². The summed E-state index contributed by atoms with van der Waals surface area (Å²) < 4.78 is 10.3. The predicted octanol–water partition coefficient (Wildman–Crippen LogP) is 4.03. The fraction of sp³-hybridized carbons (Fsp3) is 0.118. The van der Waals surface area contributed by atoms with Crippen molar-refractivity contribution in [1.29, 1.82) is 0 Å². The molecular formula is C17H14N4O4. The molecule has 3 rings (SSSR count). The van der Waals surface area contributed by atoms with Crippen LogP contribution in [-0.4, -0.2) is 21.0 Å². The minimum atomic E-state index is -0.698. The summed E-state index contributed by atoms with van der Waals surface area (Å²) in [5.41, 5.74) is 1.96. The van der Waals surface area contributed by atoms with Gasteiger partial charge >= 0.3 is 5.97 Å². The van der Waals surface area contributed by atoms with Gasteiger partial charge in [0.2, 0.25) is 17.5 Å². The Bertz CT molecular complexity index is 912. The molecule has 1 N–H and O–H groups in total. The van der Waals surface area contributed by atoms with Crippen LogP contribution < -0.4 is 4.74 Å². The number of carbonyl (C=O) groups is 1. The highest BCUT2D eigenvalue weighted by Crippen LogP contribution is 2.28. The smallest absolute Gasteiger partial charge is 0.381 e. The van der Waals surface area contributed by atoms with E-state index in [9.17, 15) is 9.90 Å². The zero-order chi connectivity index (χ0) is 17.8. The molecule has 0 aliphatic rings. The van der Waals surface area contributed by atoms with E-state index in [0.29, 0.717) is 16.8 Å². The second-order valence-electron chi connectivity index (χ2n) is 5.20. The fourth-order valence-corrected chi connectivity index (χ4v) is 2.07. The van der Waals surface area contributed by atoms with Crippen LogP contribution in [0.2, 0.25) is 0 Å². The van der Waals surface area contributed by atoms with Crippen LogP contribution in [0.4, 0.5) is 11.6 Å². The van der Waals surface area contributed by atoms with Gasteiger partial charge < -0.3 is 14.3 Å². The van der Waals surface area contributed by atoms with Gasteiger partial charge in [-0.15, -0.1) is 10.2 Å². The molecule has 3 aromatic rings. The summed E-state index contributed by atoms with van der Waals surface area (Å²) in [6.45, 7) is 3.55. The van der Waals surface area contributed by atoms with Crippen molar-refractivity contribution in [2.75, 3.05) is 0 Å². The maximum absolute atomic E-state index is 12.0. The molecule has 0 spiro atoms. The highest BCUT2D eigenvalue weighted by Gasteiger charge is 2.14. The molecule has 1 aromatic carbocycles. The number of phenolic OH excluding ortho intramolecular Hbond substituents is 1. The maximum atomic E-state index is 12.0. The van der Waals surface area contributed by atoms with Crippen molar-refractivity contribution in [3.63, 3.8) is 0 Å². The Hall–Kier alpha value is -3.55. The van der Waals surface area contributed by atoms with Gasteiger partial charge in [-0.05, 0) is 43.2 Å². The lowest BCUT2D eigenvalue weighted by Gasteiger charge is -2.03. The van der Waals surface area contributed by atoms with Gasteiger partial charge in [0.1, 0.15) is 12.1 Å². The molecule has 0 unspecified atom stereocenters. The Balaban J connectivity index is 1.72. The minimum Gasteiger partial charge on any atom is -0.507 e. The number of ether oxygens (including phenoxy) is 1. The number of rotatable bonds is 4. The summed E-state index contributed by atoms with van der Waals surface area (Å²) in [7, 11) is 0. The third kappa shape index (κ3) is 3.86. The Morgan fingerprint density at radius 3 is 2.60 bits per heavy atom. The van der Waals surface area contributed by atoms with Crippen LogP contribution in [0, 0.1) is 13.8 Å². The molecule has 0 atom stereocenters. The average molecular weight is 338 g/mol. The lowest BCUT2D eigenvalue weighted by molar-refractivity contribution is 0.0694. The van der Waals surface area contributed by atoms with Gasteiger partial charge in [0, 0.05) is 18.3 Å². The molecule has 8 nitrogen and oxygen atoms in total. The maximum Gasteiger partial charge on any atom is 0.381 e. The molecule has 0 amide bonds. The molecule has 0 aliphatic carbocycles. The van der Waals surface area contributed by atoms with Gasteiger partial charge in [-0.25, -0.2) is 14.8 Å². The van der Waals surface area contributed by atoms with E-state index in [1.165, 1.54) is 30.7 Å². The lowest BCUT2D eigenvalue weighted by atomic mass is 10.1. The van der Waals surface area contributed by atoms with E-state index in [4.69, 9.17) is 9.15 Å². The topological polar surface area (TPSA) is 110 Å². The second-order valence-corrected chi connectivity index (χ2v) is 5.20. The number of hydrogen-bond donors (Lipinski definition) is 1. The standard InChI is InChI=1S/C17H14N4O4/c1-10-7-12(8-11(2)16(10)22)20-21-15-4-3-13(24-15)17(23)25-14-5-6-18-9-19-14/h3-9,22H,1-2H3. The highest BCUT2D eigenvalue weighted by molar-refractivity contribution is 5.88. The van der Waals surface area contributed by atoms with E-state index in [1.54, 1.807) is 26.0 Å². The molecule has 2 aromatic heterocycles. The largest absolute Gasteiger partial charge is 0.507 e. The molecular weight excluding hydrogens is 324 g/mol. The van der Waals surface area contributed by atoms with Gasteiger partial charge in [-0.1, -0.05) is 0 Å². The first-order valence-electron chi connectivity index (χ1n) is 7.33. The first kappa shape index (κ1) is 16.3. The number of nitrogens with zero attached hydrogens (tertiary/aromatic N) is 4. The third-order valence-corrected chi connectivity index (χ3v) is 3.28. The van der Waals surface area contributed by atoms with Crippen molar-refractivity contribution in [3.05, 3.63) is 59.7 Å². The number of benzene rings is 1. The van der Waals surface area contributed by atoms with Gasteiger partial charge in [0.25, 0.3) is 0 Å². The monoisotopic (exact) mass is 338 g/mol. The molecule has 0 fully saturated rings. The summed E-state index contributed by atoms with van der Waals surface area (Å²) in [6.07, 6.45) is 2.73. The van der Waals surface area contributed by atoms with Crippen molar-refractivity contribution in [2.45, 2.75) is 13.8 Å². The molecule has 25 heavy (non-hydrogen) atoms. The Morgan fingerprint density at radius 2 is 1.92 bits per heavy atom. The predicted molar refractivity (Wildman–Crippen MR) is 87.5 cm³/mol. The van der Waals surface area contributed by atoms with Gasteiger partial charge in [-0.3, -0.25) is 0 Å². The van der Waals surface area contributed by atoms with Crippen LogP contribution in [0.1, 0.15) is 21.7 Å². The SMILES string of the molecule is Cc1cc(N=Nc2ccc(C(=O)Oc3ccncn3)o2)cc(C)c1O. The number of azo groups is 1. The quantitative estimate of drug-likeness (QED) is 0.568. The molecule has 0 saturated carbocycles. The fourth-order valence-electron chi connectivity index (χ4n) is 2.07. The van der Waals surface area contributed by atoms with E-state index in [-0.39, 0.29) is 23.3 Å². The van der Waals surface area contributed by atoms with E-state index < -0.39 is 5.97 Å². The Kier molecular flexibility index (Phi) is 4.51. The number of aromatic nitrogens is 2. The summed E-state index contributed by atoms with van der Waals surface area (Å²) in [4.78, 5) is 19.5. The normalized spacial score (nSPS) is 11.0. The van der Waals surface area contributed by atoms with Crippen LogP contribution >= 0.6 is 0 Å². The molecule has 126 valence electrons. The number of carbonyl (C=O) groups excluding carboxylic acids is 1. The second kappa shape index (κ2) is 6.91. The Morgan fingerprint density at radius 1 is 1.16 bits per heavy atom. The van der Waals surface area contributed by atoms with Crippen molar-refractivity contribution >= 4 is 17.5 Å². The van der Waals surface area contributed by atoms with E-state index in [0.717, 1.165) is 0 Å². The van der Waals surface area contributed by atoms with Crippen molar-refractivity contribution in [3.8, 4) is 11.6 Å². The molecule has 8 heteroatoms. The number of aryl methyl sites for hydroxylation is 2. The zero-order valence-electron chi connectivity index (χ0n) is 13.5. The summed E-state index contributed by atoms with van der Waals surface area (Å²) in [5.74, 6) is -0.221. The summed E-state index contributed by atoms with van der Waals surface area (Å²) in [6, 6.07) is 7.78. The number of phenols is 1. The number of hydrogen-bond acceptors (Lipinski definition) is 8. The van der Waals surface area contributed by atoms with Crippen molar-refractivity contribution in [1.82, 2.24) is 9.97 Å². The van der Waals surface area contributed by atoms with E-state index >= 15 is 0 Å². The van der Waals surface area contributed by atoms with Crippen LogP contribution in [0.25, 0.3) is 0 Å². The van der Waals surface area contributed by atoms with Crippen molar-refractivity contribution < 1.29 is 19.1 Å². The average Bonchev–Trinajstić information content (AvgIpc) is 3.08. The molecule has 0 aliphatic heterocycles. The molecule has 0 radical (unpaired) electrons. The first-order chi connectivity index (χ1) is 12.0. The van der Waals surface area contributed by atoms with Crippen LogP contribution in [-0.2, 0) is 0 Å².